The fourth-order valence-corrected chi connectivity index (χ4v) is 2.62. The second kappa shape index (κ2) is 6.17. The molecule has 0 bridgehead atoms. The topological polar surface area (TPSA) is 41.3 Å². The summed E-state index contributed by atoms with van der Waals surface area (Å²) in [4.78, 5) is 6.62. The van der Waals surface area contributed by atoms with Crippen LogP contribution in [0.1, 0.15) is 38.3 Å². The van der Waals surface area contributed by atoms with Crippen LogP contribution >= 0.6 is 0 Å². The lowest BCUT2D eigenvalue weighted by Crippen LogP contribution is -2.37. The highest BCUT2D eigenvalue weighted by atomic mass is 16.3. The van der Waals surface area contributed by atoms with Crippen molar-refractivity contribution in [1.82, 2.24) is 14.5 Å². The van der Waals surface area contributed by atoms with Gasteiger partial charge in [-0.1, -0.05) is 12.8 Å². The van der Waals surface area contributed by atoms with E-state index in [0.29, 0.717) is 6.04 Å². The van der Waals surface area contributed by atoms with Gasteiger partial charge in [-0.2, -0.15) is 0 Å². The molecule has 2 rings (SSSR count). The quantitative estimate of drug-likeness (QED) is 0.865. The Morgan fingerprint density at radius 1 is 1.41 bits per heavy atom. The van der Waals surface area contributed by atoms with E-state index in [1.54, 1.807) is 0 Å². The van der Waals surface area contributed by atoms with E-state index < -0.39 is 0 Å². The molecule has 1 aliphatic rings. The van der Waals surface area contributed by atoms with Crippen LogP contribution in [0.15, 0.2) is 12.5 Å². The first-order valence-corrected chi connectivity index (χ1v) is 6.69. The summed E-state index contributed by atoms with van der Waals surface area (Å²) in [5.74, 6) is 0. The van der Waals surface area contributed by atoms with Gasteiger partial charge >= 0.3 is 0 Å². The number of likely N-dealkylation sites (tertiary alicyclic amines) is 1. The van der Waals surface area contributed by atoms with Crippen LogP contribution in [0.4, 0.5) is 0 Å². The third kappa shape index (κ3) is 3.07. The van der Waals surface area contributed by atoms with E-state index in [-0.39, 0.29) is 6.61 Å². The number of aryl methyl sites for hydroxylation is 1. The Balaban J connectivity index is 2.04. The summed E-state index contributed by atoms with van der Waals surface area (Å²) in [6, 6.07) is 0.331. The second-order valence-corrected chi connectivity index (χ2v) is 4.83. The zero-order valence-corrected chi connectivity index (χ0v) is 10.7. The first kappa shape index (κ1) is 12.6. The van der Waals surface area contributed by atoms with E-state index >= 15 is 0 Å². The predicted molar refractivity (Wildman–Crippen MR) is 67.7 cm³/mol. The van der Waals surface area contributed by atoms with Crippen LogP contribution in [0.5, 0.6) is 0 Å². The Labute approximate surface area is 103 Å². The van der Waals surface area contributed by atoms with Crippen molar-refractivity contribution in [1.29, 1.82) is 0 Å². The summed E-state index contributed by atoms with van der Waals surface area (Å²) in [7, 11) is 0. The van der Waals surface area contributed by atoms with Crippen LogP contribution in [0.2, 0.25) is 0 Å². The van der Waals surface area contributed by atoms with E-state index in [1.807, 2.05) is 12.5 Å². The lowest BCUT2D eigenvalue weighted by Gasteiger charge is -2.28. The smallest absolute Gasteiger partial charge is 0.0948 e. The highest BCUT2D eigenvalue weighted by Crippen LogP contribution is 2.18. The third-order valence-corrected chi connectivity index (χ3v) is 3.71. The minimum absolute atomic E-state index is 0.278. The fourth-order valence-electron chi connectivity index (χ4n) is 2.62. The molecular formula is C13H23N3O. The molecule has 4 nitrogen and oxygen atoms in total. The number of aliphatic hydroxyl groups is 1. The Morgan fingerprint density at radius 2 is 2.29 bits per heavy atom. The van der Waals surface area contributed by atoms with Crippen molar-refractivity contribution in [2.75, 3.05) is 13.2 Å². The van der Waals surface area contributed by atoms with Crippen molar-refractivity contribution >= 4 is 0 Å². The molecule has 1 atom stereocenters. The SMILES string of the molecule is CCn1cncc1CN1CCCCCC1CO. The maximum Gasteiger partial charge on any atom is 0.0948 e. The first-order chi connectivity index (χ1) is 8.35. The van der Waals surface area contributed by atoms with Gasteiger partial charge in [0.1, 0.15) is 0 Å². The maximum absolute atomic E-state index is 9.48. The van der Waals surface area contributed by atoms with Crippen LogP contribution in [0.25, 0.3) is 0 Å². The molecule has 0 aromatic carbocycles. The Bertz CT molecular complexity index is 337. The molecule has 0 amide bonds. The molecule has 0 saturated carbocycles. The van der Waals surface area contributed by atoms with Gasteiger partial charge in [0.05, 0.1) is 18.6 Å². The fraction of sp³-hybridized carbons (Fsp3) is 0.769. The molecule has 1 N–H and O–H groups in total. The number of imidazole rings is 1. The number of nitrogens with zero attached hydrogens (tertiary/aromatic N) is 3. The highest BCUT2D eigenvalue weighted by molar-refractivity contribution is 4.99. The average molecular weight is 237 g/mol. The molecule has 1 fully saturated rings. The van der Waals surface area contributed by atoms with Crippen LogP contribution in [0.3, 0.4) is 0 Å². The number of aromatic nitrogens is 2. The van der Waals surface area contributed by atoms with Crippen LogP contribution < -0.4 is 0 Å². The van der Waals surface area contributed by atoms with Crippen molar-refractivity contribution in [3.05, 3.63) is 18.2 Å². The lowest BCUT2D eigenvalue weighted by atomic mass is 10.1. The zero-order valence-electron chi connectivity index (χ0n) is 10.7. The molecular weight excluding hydrogens is 214 g/mol. The van der Waals surface area contributed by atoms with E-state index in [2.05, 4.69) is 21.4 Å². The van der Waals surface area contributed by atoms with E-state index in [1.165, 1.54) is 25.0 Å². The minimum Gasteiger partial charge on any atom is -0.395 e. The maximum atomic E-state index is 9.48. The molecule has 1 aromatic heterocycles. The summed E-state index contributed by atoms with van der Waals surface area (Å²) in [6.45, 7) is 5.39. The number of rotatable bonds is 4. The van der Waals surface area contributed by atoms with Crippen LogP contribution in [-0.2, 0) is 13.1 Å². The largest absolute Gasteiger partial charge is 0.395 e. The van der Waals surface area contributed by atoms with E-state index in [4.69, 9.17) is 0 Å². The Morgan fingerprint density at radius 3 is 3.06 bits per heavy atom. The molecule has 0 radical (unpaired) electrons. The van der Waals surface area contributed by atoms with Crippen molar-refractivity contribution in [2.24, 2.45) is 0 Å². The number of aliphatic hydroxyl groups excluding tert-OH is 1. The van der Waals surface area contributed by atoms with Gasteiger partial charge in [-0.3, -0.25) is 4.90 Å². The summed E-state index contributed by atoms with van der Waals surface area (Å²) in [5, 5.41) is 9.48. The van der Waals surface area contributed by atoms with Gasteiger partial charge in [0.15, 0.2) is 0 Å². The third-order valence-electron chi connectivity index (χ3n) is 3.71. The molecule has 2 heterocycles. The van der Waals surface area contributed by atoms with Crippen molar-refractivity contribution in [2.45, 2.75) is 51.7 Å². The normalized spacial score (nSPS) is 22.6. The average Bonchev–Trinajstić information content (AvgIpc) is 2.67. The second-order valence-electron chi connectivity index (χ2n) is 4.83. The van der Waals surface area contributed by atoms with E-state index in [9.17, 15) is 5.11 Å². The first-order valence-electron chi connectivity index (χ1n) is 6.69. The van der Waals surface area contributed by atoms with Crippen molar-refractivity contribution in [3.63, 3.8) is 0 Å². The molecule has 0 spiro atoms. The molecule has 96 valence electrons. The molecule has 17 heavy (non-hydrogen) atoms. The van der Waals surface area contributed by atoms with Gasteiger partial charge in [-0.15, -0.1) is 0 Å². The van der Waals surface area contributed by atoms with Gasteiger partial charge in [-0.25, -0.2) is 4.98 Å². The molecule has 1 aromatic rings. The van der Waals surface area contributed by atoms with Gasteiger partial charge in [-0.05, 0) is 26.3 Å². The van der Waals surface area contributed by atoms with Gasteiger partial charge in [0, 0.05) is 25.3 Å². The summed E-state index contributed by atoms with van der Waals surface area (Å²) < 4.78 is 2.18. The van der Waals surface area contributed by atoms with Crippen molar-refractivity contribution in [3.8, 4) is 0 Å². The van der Waals surface area contributed by atoms with Crippen LogP contribution in [-0.4, -0.2) is 38.8 Å². The van der Waals surface area contributed by atoms with Gasteiger partial charge in [0.2, 0.25) is 0 Å². The predicted octanol–water partition coefficient (Wildman–Crippen LogP) is 1.64. The van der Waals surface area contributed by atoms with Crippen LogP contribution in [0, 0.1) is 0 Å². The minimum atomic E-state index is 0.278. The van der Waals surface area contributed by atoms with Gasteiger partial charge < -0.3 is 9.67 Å². The summed E-state index contributed by atoms with van der Waals surface area (Å²) >= 11 is 0. The summed E-state index contributed by atoms with van der Waals surface area (Å²) in [5.41, 5.74) is 1.26. The van der Waals surface area contributed by atoms with E-state index in [0.717, 1.165) is 26.1 Å². The van der Waals surface area contributed by atoms with Crippen molar-refractivity contribution < 1.29 is 5.11 Å². The molecule has 1 aliphatic heterocycles. The molecule has 4 heteroatoms. The molecule has 1 unspecified atom stereocenters. The van der Waals surface area contributed by atoms with Gasteiger partial charge in [0.25, 0.3) is 0 Å². The number of hydrogen-bond donors (Lipinski definition) is 1. The standard InChI is InChI=1S/C13H23N3O/c1-2-15-11-14-8-13(15)9-16-7-5-3-4-6-12(16)10-17/h8,11-12,17H,2-7,9-10H2,1H3. The zero-order chi connectivity index (χ0) is 12.1. The molecule has 1 saturated heterocycles. The highest BCUT2D eigenvalue weighted by Gasteiger charge is 2.21. The Hall–Kier alpha value is -0.870. The lowest BCUT2D eigenvalue weighted by molar-refractivity contribution is 0.116. The Kier molecular flexibility index (Phi) is 4.57. The summed E-state index contributed by atoms with van der Waals surface area (Å²) in [6.07, 6.45) is 8.74. The number of hydrogen-bond acceptors (Lipinski definition) is 3. The monoisotopic (exact) mass is 237 g/mol. The molecule has 0 aliphatic carbocycles.